The Hall–Kier alpha value is -3.61. The first-order valence-corrected chi connectivity index (χ1v) is 13.1. The van der Waals surface area contributed by atoms with Crippen molar-refractivity contribution < 1.29 is 46.1 Å². The number of aliphatic carboxylic acids is 1. The van der Waals surface area contributed by atoms with Crippen molar-refractivity contribution in [3.8, 4) is 11.5 Å². The number of likely N-dealkylation sites (tertiary alicyclic amines) is 1. The number of nitrogens with one attached hydrogen (secondary N) is 2. The lowest BCUT2D eigenvalue weighted by Crippen LogP contribution is -2.52. The average molecular weight is 588 g/mol. The van der Waals surface area contributed by atoms with E-state index in [4.69, 9.17) is 19.4 Å². The molecule has 3 N–H and O–H groups in total. The van der Waals surface area contributed by atoms with Gasteiger partial charge >= 0.3 is 18.2 Å². The Bertz CT molecular complexity index is 1230. The van der Waals surface area contributed by atoms with Crippen LogP contribution in [-0.4, -0.2) is 67.6 Å². The molecule has 2 aromatic carbocycles. The van der Waals surface area contributed by atoms with E-state index in [1.165, 1.54) is 11.6 Å². The van der Waals surface area contributed by atoms with Crippen molar-refractivity contribution in [3.05, 3.63) is 53.6 Å². The molecule has 8 nitrogen and oxygen atoms in total. The number of hydrogen-bond acceptors (Lipinski definition) is 5. The zero-order valence-corrected chi connectivity index (χ0v) is 23.0. The number of urea groups is 1. The molecule has 0 spiro atoms. The van der Waals surface area contributed by atoms with Gasteiger partial charge in [0, 0.05) is 29.3 Å². The minimum atomic E-state index is -5.08. The lowest BCUT2D eigenvalue weighted by molar-refractivity contribution is -0.192. The van der Waals surface area contributed by atoms with Gasteiger partial charge in [-0.05, 0) is 75.5 Å². The van der Waals surface area contributed by atoms with Crippen LogP contribution in [0.3, 0.4) is 0 Å². The second-order valence-corrected chi connectivity index (χ2v) is 10.1. The van der Waals surface area contributed by atoms with E-state index in [9.17, 15) is 26.7 Å². The van der Waals surface area contributed by atoms with Gasteiger partial charge in [-0.15, -0.1) is 0 Å². The number of anilines is 1. The van der Waals surface area contributed by atoms with Crippen molar-refractivity contribution in [2.45, 2.75) is 62.7 Å². The Balaban J connectivity index is 0.000000587. The molecule has 13 heteroatoms. The number of carbonyl (C=O) groups excluding carboxylic acids is 1. The van der Waals surface area contributed by atoms with Crippen LogP contribution in [-0.2, 0) is 10.2 Å². The molecular formula is C28H34F5N3O5. The summed E-state index contributed by atoms with van der Waals surface area (Å²) >= 11 is 0. The minimum absolute atomic E-state index is 0.0138. The van der Waals surface area contributed by atoms with Crippen molar-refractivity contribution in [2.75, 3.05) is 32.6 Å². The first kappa shape index (κ1) is 31.9. The lowest BCUT2D eigenvalue weighted by atomic mass is 9.65. The number of carboxylic acid groups (broad SMARTS) is 1. The topological polar surface area (TPSA) is 100 Å². The maximum Gasteiger partial charge on any atom is 0.490 e. The number of amides is 2. The summed E-state index contributed by atoms with van der Waals surface area (Å²) in [5.74, 6) is -3.18. The fourth-order valence-corrected chi connectivity index (χ4v) is 5.49. The third-order valence-corrected chi connectivity index (χ3v) is 7.48. The number of benzene rings is 2. The molecule has 1 aliphatic carbocycles. The maximum atomic E-state index is 13.5. The molecule has 1 saturated heterocycles. The molecule has 41 heavy (non-hydrogen) atoms. The van der Waals surface area contributed by atoms with Crippen molar-refractivity contribution in [2.24, 2.45) is 0 Å². The highest BCUT2D eigenvalue weighted by atomic mass is 19.4. The highest BCUT2D eigenvalue weighted by Gasteiger charge is 2.50. The van der Waals surface area contributed by atoms with Gasteiger partial charge in [-0.25, -0.2) is 18.4 Å². The molecule has 226 valence electrons. The molecule has 3 unspecified atom stereocenters. The van der Waals surface area contributed by atoms with Crippen LogP contribution in [0, 0.1) is 11.6 Å². The number of hydrogen-bond donors (Lipinski definition) is 3. The number of likely N-dealkylation sites (N-methyl/N-ethyl adjacent to an activating group) is 1. The molecule has 1 heterocycles. The monoisotopic (exact) mass is 587 g/mol. The zero-order valence-electron chi connectivity index (χ0n) is 23.0. The summed E-state index contributed by atoms with van der Waals surface area (Å²) in [6.07, 6.45) is -0.561. The number of methoxy groups -OCH3 is 1. The van der Waals surface area contributed by atoms with Gasteiger partial charge in [0.15, 0.2) is 23.1 Å². The van der Waals surface area contributed by atoms with E-state index in [0.29, 0.717) is 6.61 Å². The van der Waals surface area contributed by atoms with E-state index in [0.717, 1.165) is 62.3 Å². The molecule has 1 aliphatic heterocycles. The predicted molar refractivity (Wildman–Crippen MR) is 141 cm³/mol. The van der Waals surface area contributed by atoms with Crippen LogP contribution in [0.4, 0.5) is 32.4 Å². The molecule has 3 atom stereocenters. The second kappa shape index (κ2) is 13.4. The molecule has 2 fully saturated rings. The third kappa shape index (κ3) is 7.78. The largest absolute Gasteiger partial charge is 0.493 e. The molecule has 2 aliphatic rings. The molecule has 0 aromatic heterocycles. The highest BCUT2D eigenvalue weighted by Crippen LogP contribution is 2.50. The van der Waals surface area contributed by atoms with Gasteiger partial charge in [0.05, 0.1) is 13.7 Å². The van der Waals surface area contributed by atoms with Crippen molar-refractivity contribution in [1.82, 2.24) is 10.2 Å². The molecule has 2 aromatic rings. The number of nitrogens with zero attached hydrogens (tertiary/aromatic N) is 1. The molecule has 2 amide bonds. The average Bonchev–Trinajstić information content (AvgIpc) is 3.26. The summed E-state index contributed by atoms with van der Waals surface area (Å²) in [4.78, 5) is 23.8. The third-order valence-electron chi connectivity index (χ3n) is 7.48. The first-order chi connectivity index (χ1) is 19.3. The van der Waals surface area contributed by atoms with Gasteiger partial charge in [0.1, 0.15) is 0 Å². The summed E-state index contributed by atoms with van der Waals surface area (Å²) in [6, 6.07) is 9.43. The Morgan fingerprint density at radius 1 is 1.10 bits per heavy atom. The normalized spacial score (nSPS) is 22.1. The Morgan fingerprint density at radius 2 is 1.80 bits per heavy atom. The van der Waals surface area contributed by atoms with Crippen LogP contribution in [0.1, 0.15) is 44.6 Å². The van der Waals surface area contributed by atoms with Crippen LogP contribution >= 0.6 is 0 Å². The molecule has 4 rings (SSSR count). The molecule has 0 bridgehead atoms. The van der Waals surface area contributed by atoms with Crippen LogP contribution in [0.2, 0.25) is 0 Å². The quantitative estimate of drug-likeness (QED) is 0.359. The summed E-state index contributed by atoms with van der Waals surface area (Å²) < 4.78 is 69.8. The smallest absolute Gasteiger partial charge is 0.490 e. The Kier molecular flexibility index (Phi) is 10.4. The van der Waals surface area contributed by atoms with E-state index in [2.05, 4.69) is 41.6 Å². The van der Waals surface area contributed by atoms with Gasteiger partial charge in [-0.2, -0.15) is 13.2 Å². The van der Waals surface area contributed by atoms with Crippen LogP contribution < -0.4 is 20.1 Å². The highest BCUT2D eigenvalue weighted by molar-refractivity contribution is 5.89. The maximum absolute atomic E-state index is 13.5. The van der Waals surface area contributed by atoms with Crippen LogP contribution in [0.15, 0.2) is 36.4 Å². The number of carbonyl (C=O) groups is 2. The van der Waals surface area contributed by atoms with Crippen molar-refractivity contribution >= 4 is 17.7 Å². The predicted octanol–water partition coefficient (Wildman–Crippen LogP) is 5.71. The van der Waals surface area contributed by atoms with Gasteiger partial charge < -0.3 is 30.1 Å². The zero-order chi connectivity index (χ0) is 30.4. The Morgan fingerprint density at radius 3 is 2.41 bits per heavy atom. The summed E-state index contributed by atoms with van der Waals surface area (Å²) in [5, 5.41) is 12.8. The SMILES string of the molecule is CCCOc1cc(C23CCC(NC(=O)Nc4ccc(F)c(F)c4)CC2N(C)CC3)ccc1OC.O=C(O)C(F)(F)F. The standard InChI is InChI=1S/C26H33F2N3O3.C2HF3O2/c1-4-13-34-23-14-17(5-8-22(23)33-3)26-10-9-19(16-24(26)31(2)12-11-26)30-25(32)29-18-6-7-20(27)21(28)15-18;3-2(4,5)1(6)7/h5-8,14-15,19,24H,4,9-13,16H2,1-3H3,(H2,29,30,32);(H,6,7). The fraction of sp³-hybridized carbons (Fsp3) is 0.500. The van der Waals surface area contributed by atoms with Gasteiger partial charge in [0.25, 0.3) is 0 Å². The van der Waals surface area contributed by atoms with Crippen LogP contribution in [0.25, 0.3) is 0 Å². The van der Waals surface area contributed by atoms with Gasteiger partial charge in [-0.3, -0.25) is 0 Å². The van der Waals surface area contributed by atoms with E-state index < -0.39 is 29.8 Å². The number of rotatable bonds is 7. The van der Waals surface area contributed by atoms with Crippen molar-refractivity contribution in [3.63, 3.8) is 0 Å². The summed E-state index contributed by atoms with van der Waals surface area (Å²) in [5.41, 5.74) is 1.45. The van der Waals surface area contributed by atoms with E-state index >= 15 is 0 Å². The van der Waals surface area contributed by atoms with E-state index in [1.807, 2.05) is 6.07 Å². The number of ether oxygens (including phenoxy) is 2. The van der Waals surface area contributed by atoms with Gasteiger partial charge in [-0.1, -0.05) is 13.0 Å². The van der Waals surface area contributed by atoms with Gasteiger partial charge in [0.2, 0.25) is 0 Å². The van der Waals surface area contributed by atoms with E-state index in [1.54, 1.807) is 7.11 Å². The number of halogens is 5. The lowest BCUT2D eigenvalue weighted by Gasteiger charge is -2.45. The van der Waals surface area contributed by atoms with E-state index in [-0.39, 0.29) is 23.2 Å². The Labute approximate surface area is 234 Å². The molecular weight excluding hydrogens is 553 g/mol. The number of alkyl halides is 3. The molecule has 1 saturated carbocycles. The van der Waals surface area contributed by atoms with Crippen molar-refractivity contribution in [1.29, 1.82) is 0 Å². The summed E-state index contributed by atoms with van der Waals surface area (Å²) in [7, 11) is 3.79. The molecule has 0 radical (unpaired) electrons. The first-order valence-electron chi connectivity index (χ1n) is 13.1. The minimum Gasteiger partial charge on any atom is -0.493 e. The summed E-state index contributed by atoms with van der Waals surface area (Å²) in [6.45, 7) is 3.69. The second-order valence-electron chi connectivity index (χ2n) is 10.1. The van der Waals surface area contributed by atoms with Crippen LogP contribution in [0.5, 0.6) is 11.5 Å². The fourth-order valence-electron chi connectivity index (χ4n) is 5.49. The number of fused-ring (bicyclic) bond motifs is 1. The number of carboxylic acids is 1.